The number of allylic oxidation sites excluding steroid dienone is 6. The summed E-state index contributed by atoms with van der Waals surface area (Å²) in [4.78, 5) is 12.4. The van der Waals surface area contributed by atoms with E-state index in [9.17, 15) is 25.2 Å². The zero-order chi connectivity index (χ0) is 37.5. The molecule has 300 valence electrons. The second-order valence-corrected chi connectivity index (χ2v) is 15.0. The lowest BCUT2D eigenvalue weighted by Crippen LogP contribution is -2.53. The normalized spacial score (nSPS) is 14.5. The van der Waals surface area contributed by atoms with Gasteiger partial charge in [0.2, 0.25) is 5.91 Å². The topological polar surface area (TPSA) is 110 Å². The quantitative estimate of drug-likeness (QED) is 0.0321. The van der Waals surface area contributed by atoms with Crippen LogP contribution >= 0.6 is 0 Å². The largest absolute Gasteiger partial charge is 0.394 e. The van der Waals surface area contributed by atoms with Crippen molar-refractivity contribution in [2.24, 2.45) is 0 Å². The monoisotopic (exact) mass is 720 g/mol. The molecule has 0 saturated heterocycles. The van der Waals surface area contributed by atoms with Crippen LogP contribution in [0.1, 0.15) is 213 Å². The van der Waals surface area contributed by atoms with Crippen LogP contribution in [0.2, 0.25) is 0 Å². The molecule has 0 spiro atoms. The van der Waals surface area contributed by atoms with Crippen molar-refractivity contribution in [2.75, 3.05) is 6.61 Å². The molecular weight excluding hydrogens is 634 g/mol. The predicted octanol–water partition coefficient (Wildman–Crippen LogP) is 11.3. The highest BCUT2D eigenvalue weighted by molar-refractivity contribution is 5.80. The fraction of sp³-hybridized carbons (Fsp3) is 0.844. The molecule has 51 heavy (non-hydrogen) atoms. The van der Waals surface area contributed by atoms with Gasteiger partial charge in [0.1, 0.15) is 12.2 Å². The van der Waals surface area contributed by atoms with Crippen LogP contribution in [0.3, 0.4) is 0 Å². The summed E-state index contributed by atoms with van der Waals surface area (Å²) in [6, 6.07) is -1.01. The first-order valence-electron chi connectivity index (χ1n) is 21.9. The van der Waals surface area contributed by atoms with Crippen LogP contribution in [0.25, 0.3) is 0 Å². The van der Waals surface area contributed by atoms with E-state index in [1.807, 2.05) is 0 Å². The number of carbonyl (C=O) groups excluding carboxylic acids is 1. The van der Waals surface area contributed by atoms with Gasteiger partial charge in [0.15, 0.2) is 0 Å². The van der Waals surface area contributed by atoms with Crippen molar-refractivity contribution in [3.63, 3.8) is 0 Å². The Balaban J connectivity index is 3.77. The van der Waals surface area contributed by atoms with Crippen molar-refractivity contribution in [3.8, 4) is 0 Å². The lowest BCUT2D eigenvalue weighted by molar-refractivity contribution is -0.132. The Morgan fingerprint density at radius 3 is 1.27 bits per heavy atom. The molecule has 1 amide bonds. The zero-order valence-corrected chi connectivity index (χ0v) is 33.6. The maximum atomic E-state index is 12.4. The van der Waals surface area contributed by atoms with E-state index < -0.39 is 36.9 Å². The Morgan fingerprint density at radius 1 is 0.471 bits per heavy atom. The van der Waals surface area contributed by atoms with Gasteiger partial charge in [-0.25, -0.2) is 0 Å². The molecule has 6 nitrogen and oxygen atoms in total. The van der Waals surface area contributed by atoms with Crippen LogP contribution in [0.5, 0.6) is 0 Å². The zero-order valence-electron chi connectivity index (χ0n) is 33.6. The molecule has 4 unspecified atom stereocenters. The summed E-state index contributed by atoms with van der Waals surface area (Å²) >= 11 is 0. The molecule has 0 rings (SSSR count). The van der Waals surface area contributed by atoms with Crippen molar-refractivity contribution in [1.82, 2.24) is 5.32 Å². The number of carbonyl (C=O) groups is 1. The summed E-state index contributed by atoms with van der Waals surface area (Å²) in [6.07, 6.45) is 46.2. The first-order valence-corrected chi connectivity index (χ1v) is 21.9. The van der Waals surface area contributed by atoms with Crippen molar-refractivity contribution in [2.45, 2.75) is 237 Å². The highest BCUT2D eigenvalue weighted by atomic mass is 16.3. The van der Waals surface area contributed by atoms with E-state index in [4.69, 9.17) is 0 Å². The Kier molecular flexibility index (Phi) is 38.6. The van der Waals surface area contributed by atoms with Crippen molar-refractivity contribution in [1.29, 1.82) is 0 Å². The number of hydrogen-bond acceptors (Lipinski definition) is 5. The third-order valence-electron chi connectivity index (χ3n) is 10.1. The summed E-state index contributed by atoms with van der Waals surface area (Å²) in [5.74, 6) is -0.609. The van der Waals surface area contributed by atoms with Gasteiger partial charge in [-0.2, -0.15) is 0 Å². The number of amides is 1. The van der Waals surface area contributed by atoms with Crippen LogP contribution in [0.4, 0.5) is 0 Å². The maximum Gasteiger partial charge on any atom is 0.249 e. The van der Waals surface area contributed by atoms with Gasteiger partial charge in [-0.15, -0.1) is 0 Å². The Hall–Kier alpha value is -1.47. The molecule has 0 aromatic carbocycles. The van der Waals surface area contributed by atoms with Gasteiger partial charge in [-0.1, -0.05) is 172 Å². The molecule has 0 aliphatic rings. The number of aliphatic hydroxyl groups excluding tert-OH is 4. The molecular formula is C45H85NO5. The molecule has 0 aliphatic carbocycles. The Labute approximate surface area is 316 Å². The molecule has 0 aromatic heterocycles. The average molecular weight is 720 g/mol. The second-order valence-electron chi connectivity index (χ2n) is 15.0. The van der Waals surface area contributed by atoms with Crippen LogP contribution in [-0.4, -0.2) is 57.3 Å². The molecule has 0 radical (unpaired) electrons. The summed E-state index contributed by atoms with van der Waals surface area (Å²) in [7, 11) is 0. The van der Waals surface area contributed by atoms with Gasteiger partial charge in [-0.3, -0.25) is 4.79 Å². The standard InChI is InChI=1S/C45H85NO5/c1-3-5-7-9-11-13-15-16-17-18-19-20-21-22-23-24-25-26-27-29-30-32-34-36-38-42(48)44(50)41(40-47)46-45(51)43(49)39-37-35-33-31-28-14-12-10-8-6-4-2/h12,14,25-26,30,32,41-44,47-50H,3-11,13,15-24,27-29,31,33-40H2,1-2H3,(H,46,51)/b14-12-,26-25+,32-30+. The number of rotatable bonds is 39. The maximum absolute atomic E-state index is 12.4. The molecule has 0 saturated carbocycles. The molecule has 6 heteroatoms. The van der Waals surface area contributed by atoms with Gasteiger partial charge < -0.3 is 25.7 Å². The van der Waals surface area contributed by atoms with Gasteiger partial charge >= 0.3 is 0 Å². The molecule has 0 fully saturated rings. The molecule has 0 aliphatic heterocycles. The Morgan fingerprint density at radius 2 is 0.824 bits per heavy atom. The third-order valence-corrected chi connectivity index (χ3v) is 10.1. The van der Waals surface area contributed by atoms with E-state index in [0.717, 1.165) is 57.8 Å². The average Bonchev–Trinajstić information content (AvgIpc) is 3.13. The van der Waals surface area contributed by atoms with Crippen LogP contribution in [-0.2, 0) is 4.79 Å². The molecule has 5 N–H and O–H groups in total. The summed E-state index contributed by atoms with van der Waals surface area (Å²) < 4.78 is 0. The van der Waals surface area contributed by atoms with Crippen molar-refractivity contribution < 1.29 is 25.2 Å². The van der Waals surface area contributed by atoms with Crippen molar-refractivity contribution >= 4 is 5.91 Å². The van der Waals surface area contributed by atoms with E-state index in [1.165, 1.54) is 122 Å². The molecule has 0 aromatic rings. The van der Waals surface area contributed by atoms with Gasteiger partial charge in [-0.05, 0) is 77.0 Å². The predicted molar refractivity (Wildman–Crippen MR) is 219 cm³/mol. The number of nitrogens with one attached hydrogen (secondary N) is 1. The number of aliphatic hydroxyl groups is 4. The van der Waals surface area contributed by atoms with Crippen molar-refractivity contribution in [3.05, 3.63) is 36.5 Å². The SMILES string of the molecule is CCCCC/C=C\CCCCCCC(O)C(=O)NC(CO)C(O)C(O)CCC/C=C/CC/C=C/CCCCCCCCCCCCCCCCC. The van der Waals surface area contributed by atoms with Crippen LogP contribution in [0, 0.1) is 0 Å². The summed E-state index contributed by atoms with van der Waals surface area (Å²) in [5.41, 5.74) is 0. The number of unbranched alkanes of at least 4 members (excludes halogenated alkanes) is 24. The van der Waals surface area contributed by atoms with E-state index >= 15 is 0 Å². The number of hydrogen-bond donors (Lipinski definition) is 5. The highest BCUT2D eigenvalue weighted by Crippen LogP contribution is 2.15. The Bertz CT molecular complexity index is 812. The van der Waals surface area contributed by atoms with Crippen LogP contribution in [0.15, 0.2) is 36.5 Å². The molecule has 0 bridgehead atoms. The second kappa shape index (κ2) is 39.7. The highest BCUT2D eigenvalue weighted by Gasteiger charge is 2.28. The van der Waals surface area contributed by atoms with Gasteiger partial charge in [0, 0.05) is 0 Å². The van der Waals surface area contributed by atoms with E-state index in [1.54, 1.807) is 0 Å². The van der Waals surface area contributed by atoms with E-state index in [0.29, 0.717) is 19.3 Å². The molecule has 0 heterocycles. The lowest BCUT2D eigenvalue weighted by Gasteiger charge is -2.27. The molecule has 4 atom stereocenters. The fourth-order valence-corrected chi connectivity index (χ4v) is 6.53. The smallest absolute Gasteiger partial charge is 0.249 e. The lowest BCUT2D eigenvalue weighted by atomic mass is 10.00. The van der Waals surface area contributed by atoms with Gasteiger partial charge in [0.05, 0.1) is 18.8 Å². The summed E-state index contributed by atoms with van der Waals surface area (Å²) in [6.45, 7) is 3.99. The minimum absolute atomic E-state index is 0.344. The van der Waals surface area contributed by atoms with E-state index in [-0.39, 0.29) is 0 Å². The van der Waals surface area contributed by atoms with Crippen LogP contribution < -0.4 is 5.32 Å². The summed E-state index contributed by atoms with van der Waals surface area (Å²) in [5, 5.41) is 43.5. The third kappa shape index (κ3) is 34.1. The fourth-order valence-electron chi connectivity index (χ4n) is 6.53. The van der Waals surface area contributed by atoms with Gasteiger partial charge in [0.25, 0.3) is 0 Å². The minimum atomic E-state index is -1.29. The first kappa shape index (κ1) is 49.5. The minimum Gasteiger partial charge on any atom is -0.394 e. The van der Waals surface area contributed by atoms with E-state index in [2.05, 4.69) is 55.6 Å². The first-order chi connectivity index (χ1) is 25.0.